The molecule has 0 aromatic heterocycles. The number of ether oxygens (including phenoxy) is 2. The molecule has 3 unspecified atom stereocenters. The number of carboxylic acids is 1. The topological polar surface area (TPSA) is 155 Å². The number of allylic oxidation sites excluding steroid dienone is 12. The fraction of sp³-hybridized carbons (Fsp3) is 0.689. The van der Waals surface area contributed by atoms with Crippen LogP contribution < -0.4 is 5.73 Å². The number of unbranched alkanes of at least 4 members (excludes halogenated alkanes) is 14. The Morgan fingerprint density at radius 2 is 1.04 bits per heavy atom. The highest BCUT2D eigenvalue weighted by Crippen LogP contribution is 2.43. The van der Waals surface area contributed by atoms with Crippen LogP contribution >= 0.6 is 7.82 Å². The number of phosphoric ester groups is 1. The van der Waals surface area contributed by atoms with Crippen LogP contribution in [0, 0.1) is 0 Å². The van der Waals surface area contributed by atoms with Crippen LogP contribution in [0.15, 0.2) is 72.9 Å². The van der Waals surface area contributed by atoms with E-state index in [9.17, 15) is 19.0 Å². The molecule has 0 saturated carbocycles. The van der Waals surface area contributed by atoms with E-state index in [0.717, 1.165) is 77.0 Å². The first kappa shape index (κ1) is 53.4. The van der Waals surface area contributed by atoms with Crippen LogP contribution in [0.5, 0.6) is 0 Å². The molecule has 56 heavy (non-hydrogen) atoms. The molecule has 322 valence electrons. The van der Waals surface area contributed by atoms with Gasteiger partial charge in [0.05, 0.1) is 19.8 Å². The van der Waals surface area contributed by atoms with Crippen molar-refractivity contribution in [1.82, 2.24) is 0 Å². The van der Waals surface area contributed by atoms with E-state index in [0.29, 0.717) is 13.0 Å². The number of hydrogen-bond donors (Lipinski definition) is 3. The predicted molar refractivity (Wildman–Crippen MR) is 230 cm³/mol. The number of rotatable bonds is 40. The summed E-state index contributed by atoms with van der Waals surface area (Å²) in [6.07, 6.45) is 49.5. The van der Waals surface area contributed by atoms with Crippen LogP contribution in [0.25, 0.3) is 0 Å². The number of hydrogen-bond acceptors (Lipinski definition) is 8. The van der Waals surface area contributed by atoms with Gasteiger partial charge in [0.15, 0.2) is 0 Å². The highest BCUT2D eigenvalue weighted by Gasteiger charge is 2.27. The van der Waals surface area contributed by atoms with Crippen LogP contribution in [0.3, 0.4) is 0 Å². The Morgan fingerprint density at radius 1 is 0.589 bits per heavy atom. The van der Waals surface area contributed by atoms with Crippen LogP contribution in [-0.4, -0.2) is 60.5 Å². The fourth-order valence-corrected chi connectivity index (χ4v) is 6.17. The molecule has 0 aromatic rings. The highest BCUT2D eigenvalue weighted by molar-refractivity contribution is 7.47. The summed E-state index contributed by atoms with van der Waals surface area (Å²) in [5.41, 5.74) is 5.35. The predicted octanol–water partition coefficient (Wildman–Crippen LogP) is 11.8. The minimum atomic E-state index is -4.63. The van der Waals surface area contributed by atoms with E-state index >= 15 is 0 Å². The Kier molecular flexibility index (Phi) is 38.7. The van der Waals surface area contributed by atoms with E-state index < -0.39 is 45.1 Å². The number of esters is 1. The van der Waals surface area contributed by atoms with E-state index in [4.69, 9.17) is 29.4 Å². The first-order valence-corrected chi connectivity index (χ1v) is 23.0. The molecule has 0 bridgehead atoms. The van der Waals surface area contributed by atoms with E-state index in [2.05, 4.69) is 86.8 Å². The summed E-state index contributed by atoms with van der Waals surface area (Å²) < 4.78 is 33.3. The van der Waals surface area contributed by atoms with Gasteiger partial charge in [-0.25, -0.2) is 4.57 Å². The van der Waals surface area contributed by atoms with Crippen molar-refractivity contribution in [3.8, 4) is 0 Å². The Morgan fingerprint density at radius 3 is 1.57 bits per heavy atom. The Balaban J connectivity index is 4.35. The second-order valence-corrected chi connectivity index (χ2v) is 15.5. The SMILES string of the molecule is CC/C=C\C/C=C\C/C=C\C/C=C\C/C=C\CCCCCC(=O)OC(COCCCCCCCC/C=C\CCCCCCC)COP(=O)(O)OCC(N)C(=O)O. The lowest BCUT2D eigenvalue weighted by Crippen LogP contribution is -2.34. The molecule has 3 atom stereocenters. The molecule has 10 nitrogen and oxygen atoms in total. The molecule has 0 radical (unpaired) electrons. The molecule has 4 N–H and O–H groups in total. The summed E-state index contributed by atoms with van der Waals surface area (Å²) in [6.45, 7) is 3.69. The summed E-state index contributed by atoms with van der Waals surface area (Å²) in [7, 11) is -4.63. The van der Waals surface area contributed by atoms with Crippen LogP contribution in [0.1, 0.15) is 162 Å². The Hall–Kier alpha value is -2.59. The molecule has 0 saturated heterocycles. The van der Waals surface area contributed by atoms with Crippen LogP contribution in [0.4, 0.5) is 0 Å². The van der Waals surface area contributed by atoms with Gasteiger partial charge >= 0.3 is 19.8 Å². The van der Waals surface area contributed by atoms with Gasteiger partial charge in [0, 0.05) is 13.0 Å². The number of carbonyl (C=O) groups is 2. The molecule has 0 rings (SSSR count). The molecule has 0 aromatic carbocycles. The summed E-state index contributed by atoms with van der Waals surface area (Å²) in [6, 6.07) is -1.48. The third-order valence-electron chi connectivity index (χ3n) is 8.72. The maximum absolute atomic E-state index is 12.6. The third-order valence-corrected chi connectivity index (χ3v) is 9.67. The molecule has 0 aliphatic carbocycles. The van der Waals surface area contributed by atoms with Gasteiger partial charge in [0.1, 0.15) is 12.1 Å². The van der Waals surface area contributed by atoms with Gasteiger partial charge in [-0.05, 0) is 83.5 Å². The summed E-state index contributed by atoms with van der Waals surface area (Å²) in [4.78, 5) is 33.5. The van der Waals surface area contributed by atoms with Crippen LogP contribution in [0.2, 0.25) is 0 Å². The van der Waals surface area contributed by atoms with Gasteiger partial charge in [0.25, 0.3) is 0 Å². The maximum Gasteiger partial charge on any atom is 0.472 e. The van der Waals surface area contributed by atoms with E-state index in [1.54, 1.807) is 0 Å². The smallest absolute Gasteiger partial charge is 0.472 e. The average molecular weight is 808 g/mol. The van der Waals surface area contributed by atoms with E-state index in [1.165, 1.54) is 57.8 Å². The Labute approximate surface area is 340 Å². The van der Waals surface area contributed by atoms with E-state index in [-0.39, 0.29) is 13.0 Å². The summed E-state index contributed by atoms with van der Waals surface area (Å²) >= 11 is 0. The van der Waals surface area contributed by atoms with Gasteiger partial charge in [-0.1, -0.05) is 145 Å². The van der Waals surface area contributed by atoms with Gasteiger partial charge < -0.3 is 25.2 Å². The minimum absolute atomic E-state index is 0.00457. The van der Waals surface area contributed by atoms with E-state index in [1.807, 2.05) is 0 Å². The molecule has 0 aliphatic heterocycles. The quantitative estimate of drug-likeness (QED) is 0.0236. The molecule has 11 heteroatoms. The zero-order valence-electron chi connectivity index (χ0n) is 35.0. The van der Waals surface area contributed by atoms with Crippen molar-refractivity contribution in [1.29, 1.82) is 0 Å². The third kappa shape index (κ3) is 39.6. The minimum Gasteiger partial charge on any atom is -0.480 e. The van der Waals surface area contributed by atoms with Gasteiger partial charge in [-0.2, -0.15) is 0 Å². The largest absolute Gasteiger partial charge is 0.480 e. The number of carboxylic acid groups (broad SMARTS) is 1. The normalized spacial score (nSPS) is 14.6. The van der Waals surface area contributed by atoms with Gasteiger partial charge in [-0.15, -0.1) is 0 Å². The number of aliphatic carboxylic acids is 1. The maximum atomic E-state index is 12.6. The van der Waals surface area contributed by atoms with Crippen molar-refractivity contribution in [3.63, 3.8) is 0 Å². The molecular weight excluding hydrogens is 729 g/mol. The molecule has 0 spiro atoms. The highest BCUT2D eigenvalue weighted by atomic mass is 31.2. The van der Waals surface area contributed by atoms with Crippen molar-refractivity contribution in [2.24, 2.45) is 5.73 Å². The molecule has 0 aliphatic rings. The zero-order valence-corrected chi connectivity index (χ0v) is 35.8. The molecule has 0 heterocycles. The summed E-state index contributed by atoms with van der Waals surface area (Å²) in [5, 5.41) is 8.89. The second kappa shape index (κ2) is 40.6. The van der Waals surface area contributed by atoms with Crippen molar-refractivity contribution in [2.75, 3.05) is 26.4 Å². The first-order valence-electron chi connectivity index (χ1n) is 21.5. The fourth-order valence-electron chi connectivity index (χ4n) is 5.39. The van der Waals surface area contributed by atoms with Gasteiger partial charge in [-0.3, -0.25) is 18.6 Å². The summed E-state index contributed by atoms with van der Waals surface area (Å²) in [5.74, 6) is -1.82. The lowest BCUT2D eigenvalue weighted by Gasteiger charge is -2.20. The van der Waals surface area contributed by atoms with Crippen molar-refractivity contribution in [2.45, 2.75) is 174 Å². The number of phosphoric acid groups is 1. The second-order valence-electron chi connectivity index (χ2n) is 14.1. The van der Waals surface area contributed by atoms with Crippen molar-refractivity contribution < 1.29 is 42.7 Å². The number of nitrogens with two attached hydrogens (primary N) is 1. The van der Waals surface area contributed by atoms with Gasteiger partial charge in [0.2, 0.25) is 0 Å². The number of carbonyl (C=O) groups excluding carboxylic acids is 1. The lowest BCUT2D eigenvalue weighted by atomic mass is 10.1. The molecular formula is C45H78NO9P. The van der Waals surface area contributed by atoms with Crippen LogP contribution in [-0.2, 0) is 32.7 Å². The first-order chi connectivity index (χ1) is 27.2. The molecule has 0 fully saturated rings. The lowest BCUT2D eigenvalue weighted by molar-refractivity contribution is -0.154. The monoisotopic (exact) mass is 808 g/mol. The average Bonchev–Trinajstić information content (AvgIpc) is 3.18. The standard InChI is InChI=1S/C45H78NO9P/c1-3-5-7-9-11-13-15-17-19-20-21-22-23-25-27-29-31-33-35-37-44(47)55-42(40-53-56(50,51)54-41-43(46)45(48)49)39-52-38-36-34-32-30-28-26-24-18-16-14-12-10-8-6-4-2/h5,7,11,13,16-19,21-22,25,27,42-43H,3-4,6,8-10,12,14-15,20,23-24,26,28-41,46H2,1-2H3,(H,48,49)(H,50,51)/b7-5-,13-11-,18-16-,19-17-,22-21-,27-25-. The Bertz CT molecular complexity index is 1160. The molecule has 0 amide bonds. The zero-order chi connectivity index (χ0) is 41.2. The van der Waals surface area contributed by atoms with Crippen molar-refractivity contribution >= 4 is 19.8 Å². The van der Waals surface area contributed by atoms with Crippen molar-refractivity contribution in [3.05, 3.63) is 72.9 Å².